The topological polar surface area (TPSA) is 87.3 Å². The number of aryl methyl sites for hydroxylation is 1. The van der Waals surface area contributed by atoms with Gasteiger partial charge in [0.05, 0.1) is 25.6 Å². The predicted octanol–water partition coefficient (Wildman–Crippen LogP) is 1.27. The highest BCUT2D eigenvalue weighted by Gasteiger charge is 2.44. The maximum Gasteiger partial charge on any atom is 0.165 e. The molecule has 3 aromatic rings. The molecule has 1 spiro atoms. The molecule has 1 aliphatic carbocycles. The first-order valence-corrected chi connectivity index (χ1v) is 9.48. The zero-order valence-electron chi connectivity index (χ0n) is 15.1. The van der Waals surface area contributed by atoms with E-state index in [0.29, 0.717) is 5.65 Å². The summed E-state index contributed by atoms with van der Waals surface area (Å²) in [5.41, 5.74) is 4.64. The second kappa shape index (κ2) is 6.28. The monoisotopic (exact) mass is 365 g/mol. The fraction of sp³-hybridized carbons (Fsp3) is 0.450. The van der Waals surface area contributed by atoms with E-state index in [4.69, 9.17) is 5.11 Å². The smallest absolute Gasteiger partial charge is 0.165 e. The Bertz CT molecular complexity index is 987. The molecular weight excluding hydrogens is 342 g/mol. The summed E-state index contributed by atoms with van der Waals surface area (Å²) < 4.78 is 1.78. The molecule has 140 valence electrons. The van der Waals surface area contributed by atoms with Crippen LogP contribution in [0.3, 0.4) is 0 Å². The lowest BCUT2D eigenvalue weighted by atomic mass is 9.81. The minimum absolute atomic E-state index is 0.212. The van der Waals surface area contributed by atoms with E-state index in [2.05, 4.69) is 44.1 Å². The first-order valence-electron chi connectivity index (χ1n) is 9.48. The Balaban J connectivity index is 1.47. The molecule has 3 heterocycles. The number of aliphatic hydroxyl groups is 2. The molecule has 1 fully saturated rings. The van der Waals surface area contributed by atoms with Crippen LogP contribution in [0.25, 0.3) is 11.2 Å². The summed E-state index contributed by atoms with van der Waals surface area (Å²) >= 11 is 0. The van der Waals surface area contributed by atoms with Gasteiger partial charge in [-0.15, -0.1) is 0 Å². The van der Waals surface area contributed by atoms with Crippen LogP contribution in [-0.2, 0) is 18.4 Å². The third-order valence-corrected chi connectivity index (χ3v) is 6.12. The fourth-order valence-corrected chi connectivity index (χ4v) is 4.76. The second-order valence-corrected chi connectivity index (χ2v) is 7.71. The van der Waals surface area contributed by atoms with Crippen molar-refractivity contribution >= 4 is 17.0 Å². The maximum atomic E-state index is 9.75. The number of aromatic nitrogens is 4. The Morgan fingerprint density at radius 1 is 1.15 bits per heavy atom. The summed E-state index contributed by atoms with van der Waals surface area (Å²) in [5, 5.41) is 18.9. The standard InChI is InChI=1S/C20H23N5O2/c26-10-15(27)9-25-13-23-17-18(21-12-22-19(17)25)24-8-7-20(11-24)6-5-14-3-1-2-4-16(14)20/h1-4,12-13,15,26-27H,5-11H2. The molecule has 7 nitrogen and oxygen atoms in total. The van der Waals surface area contributed by atoms with Crippen LogP contribution in [-0.4, -0.2) is 55.5 Å². The predicted molar refractivity (Wildman–Crippen MR) is 102 cm³/mol. The van der Waals surface area contributed by atoms with Crippen molar-refractivity contribution in [1.82, 2.24) is 19.5 Å². The van der Waals surface area contributed by atoms with E-state index < -0.39 is 6.10 Å². The first-order chi connectivity index (χ1) is 13.2. The molecule has 0 amide bonds. The minimum Gasteiger partial charge on any atom is -0.394 e. The third-order valence-electron chi connectivity index (χ3n) is 6.12. The van der Waals surface area contributed by atoms with Crippen LogP contribution >= 0.6 is 0 Å². The zero-order chi connectivity index (χ0) is 18.4. The van der Waals surface area contributed by atoms with Gasteiger partial charge in [-0.05, 0) is 30.4 Å². The number of imidazole rings is 1. The Morgan fingerprint density at radius 3 is 2.93 bits per heavy atom. The summed E-state index contributed by atoms with van der Waals surface area (Å²) in [6.07, 6.45) is 5.86. The normalized spacial score (nSPS) is 22.7. The summed E-state index contributed by atoms with van der Waals surface area (Å²) in [7, 11) is 0. The first kappa shape index (κ1) is 16.6. The maximum absolute atomic E-state index is 9.75. The quantitative estimate of drug-likeness (QED) is 0.724. The second-order valence-electron chi connectivity index (χ2n) is 7.71. The molecule has 1 aromatic carbocycles. The lowest BCUT2D eigenvalue weighted by Gasteiger charge is -2.26. The average Bonchev–Trinajstić information content (AvgIpc) is 3.41. The van der Waals surface area contributed by atoms with Crippen molar-refractivity contribution < 1.29 is 10.2 Å². The number of aliphatic hydroxyl groups excluding tert-OH is 2. The van der Waals surface area contributed by atoms with Gasteiger partial charge in [0.2, 0.25) is 0 Å². The van der Waals surface area contributed by atoms with Crippen molar-refractivity contribution in [2.45, 2.75) is 37.3 Å². The lowest BCUT2D eigenvalue weighted by molar-refractivity contribution is 0.0820. The molecule has 5 rings (SSSR count). The van der Waals surface area contributed by atoms with E-state index >= 15 is 0 Å². The average molecular weight is 365 g/mol. The van der Waals surface area contributed by atoms with E-state index in [0.717, 1.165) is 37.3 Å². The Morgan fingerprint density at radius 2 is 2.04 bits per heavy atom. The summed E-state index contributed by atoms with van der Waals surface area (Å²) in [6, 6.07) is 8.81. The van der Waals surface area contributed by atoms with Crippen LogP contribution < -0.4 is 4.90 Å². The summed E-state index contributed by atoms with van der Waals surface area (Å²) in [6.45, 7) is 1.88. The lowest BCUT2D eigenvalue weighted by Crippen LogP contribution is -2.29. The molecule has 2 atom stereocenters. The van der Waals surface area contributed by atoms with E-state index in [1.807, 2.05) is 0 Å². The highest BCUT2D eigenvalue weighted by Crippen LogP contribution is 2.46. The number of benzene rings is 1. The molecule has 2 N–H and O–H groups in total. The van der Waals surface area contributed by atoms with Gasteiger partial charge in [-0.25, -0.2) is 15.0 Å². The van der Waals surface area contributed by atoms with Gasteiger partial charge >= 0.3 is 0 Å². The van der Waals surface area contributed by atoms with Gasteiger partial charge in [0.25, 0.3) is 0 Å². The van der Waals surface area contributed by atoms with E-state index in [9.17, 15) is 5.11 Å². The van der Waals surface area contributed by atoms with Crippen LogP contribution in [0.1, 0.15) is 24.0 Å². The molecule has 1 aliphatic heterocycles. The van der Waals surface area contributed by atoms with Gasteiger partial charge < -0.3 is 19.7 Å². The van der Waals surface area contributed by atoms with Gasteiger partial charge in [0.1, 0.15) is 6.33 Å². The molecule has 2 aromatic heterocycles. The van der Waals surface area contributed by atoms with Crippen LogP contribution in [0.4, 0.5) is 5.82 Å². The fourth-order valence-electron chi connectivity index (χ4n) is 4.76. The van der Waals surface area contributed by atoms with E-state index in [1.54, 1.807) is 17.2 Å². The van der Waals surface area contributed by atoms with Gasteiger partial charge in [0, 0.05) is 18.5 Å². The van der Waals surface area contributed by atoms with Crippen molar-refractivity contribution in [2.24, 2.45) is 0 Å². The molecule has 7 heteroatoms. The Labute approximate surface area is 157 Å². The third kappa shape index (κ3) is 2.61. The molecule has 0 bridgehead atoms. The van der Waals surface area contributed by atoms with Crippen LogP contribution in [0.15, 0.2) is 36.9 Å². The van der Waals surface area contributed by atoms with Crippen molar-refractivity contribution in [1.29, 1.82) is 0 Å². The van der Waals surface area contributed by atoms with E-state index in [1.165, 1.54) is 17.5 Å². The minimum atomic E-state index is -0.828. The van der Waals surface area contributed by atoms with Crippen LogP contribution in [0.5, 0.6) is 0 Å². The summed E-state index contributed by atoms with van der Waals surface area (Å²) in [4.78, 5) is 15.7. The summed E-state index contributed by atoms with van der Waals surface area (Å²) in [5.74, 6) is 0.860. The van der Waals surface area contributed by atoms with Gasteiger partial charge in [-0.1, -0.05) is 24.3 Å². The SMILES string of the molecule is OCC(O)Cn1cnc2c(N3CCC4(CCc5ccccc54)C3)ncnc21. The van der Waals surface area contributed by atoms with Gasteiger partial charge in [0.15, 0.2) is 17.0 Å². The van der Waals surface area contributed by atoms with Gasteiger partial charge in [-0.2, -0.15) is 0 Å². The number of nitrogens with zero attached hydrogens (tertiary/aromatic N) is 5. The highest BCUT2D eigenvalue weighted by atomic mass is 16.3. The number of anilines is 1. The van der Waals surface area contributed by atoms with Crippen molar-refractivity contribution in [3.63, 3.8) is 0 Å². The molecule has 1 saturated heterocycles. The Kier molecular flexibility index (Phi) is 3.87. The van der Waals surface area contributed by atoms with Gasteiger partial charge in [-0.3, -0.25) is 0 Å². The number of hydrogen-bond acceptors (Lipinski definition) is 6. The number of rotatable bonds is 4. The molecular formula is C20H23N5O2. The zero-order valence-corrected chi connectivity index (χ0v) is 15.1. The molecule has 2 unspecified atom stereocenters. The number of fused-ring (bicyclic) bond motifs is 3. The van der Waals surface area contributed by atoms with Crippen LogP contribution in [0, 0.1) is 0 Å². The van der Waals surface area contributed by atoms with Crippen molar-refractivity contribution in [3.8, 4) is 0 Å². The Hall–Kier alpha value is -2.51. The largest absolute Gasteiger partial charge is 0.394 e. The van der Waals surface area contributed by atoms with Crippen molar-refractivity contribution in [2.75, 3.05) is 24.6 Å². The molecule has 2 aliphatic rings. The highest BCUT2D eigenvalue weighted by molar-refractivity contribution is 5.83. The van der Waals surface area contributed by atoms with Crippen molar-refractivity contribution in [3.05, 3.63) is 48.0 Å². The van der Waals surface area contributed by atoms with E-state index in [-0.39, 0.29) is 18.6 Å². The molecule has 0 saturated carbocycles. The van der Waals surface area contributed by atoms with Crippen LogP contribution in [0.2, 0.25) is 0 Å². The number of hydrogen-bond donors (Lipinski definition) is 2. The molecule has 27 heavy (non-hydrogen) atoms. The molecule has 0 radical (unpaired) electrons.